The van der Waals surface area contributed by atoms with E-state index in [2.05, 4.69) is 4.74 Å². The molecule has 5 rings (SSSR count). The van der Waals surface area contributed by atoms with Gasteiger partial charge in [0.2, 0.25) is 0 Å². The Balaban J connectivity index is 1.82. The van der Waals surface area contributed by atoms with E-state index in [-0.39, 0.29) is 18.8 Å². The Morgan fingerprint density at radius 2 is 1.78 bits per heavy atom. The second-order valence-corrected chi connectivity index (χ2v) is 9.02. The van der Waals surface area contributed by atoms with Crippen LogP contribution in [0.3, 0.4) is 0 Å². The number of halogens is 2. The van der Waals surface area contributed by atoms with E-state index in [1.54, 1.807) is 12.1 Å². The number of thiophene rings is 1. The molecule has 0 bridgehead atoms. The van der Waals surface area contributed by atoms with Crippen molar-refractivity contribution in [2.75, 3.05) is 6.61 Å². The lowest BCUT2D eigenvalue weighted by Crippen LogP contribution is -2.43. The number of ketones is 1. The van der Waals surface area contributed by atoms with E-state index in [0.717, 1.165) is 16.7 Å². The summed E-state index contributed by atoms with van der Waals surface area (Å²) in [4.78, 5) is 25.9. The monoisotopic (exact) mass is 450 g/mol. The third-order valence-corrected chi connectivity index (χ3v) is 7.21. The summed E-state index contributed by atoms with van der Waals surface area (Å²) >= 11 is 1.33. The Bertz CT molecular complexity index is 1260. The fourth-order valence-corrected chi connectivity index (χ4v) is 5.96. The standard InChI is InChI=1S/C26H20F2O3S/c1-2-31-24(30)26(27,28)15-25-14-20(29)23-18(12-13-32-23)22(25)21(16-8-4-3-5-9-16)17-10-6-7-11-19(17)25/h3-13H,2,14-15H2,1H3. The van der Waals surface area contributed by atoms with E-state index in [4.69, 9.17) is 0 Å². The maximum atomic E-state index is 15.3. The third-order valence-electron chi connectivity index (χ3n) is 6.25. The highest BCUT2D eigenvalue weighted by atomic mass is 32.1. The van der Waals surface area contributed by atoms with Crippen molar-refractivity contribution in [3.05, 3.63) is 93.2 Å². The Hall–Kier alpha value is -3.12. The molecule has 0 spiro atoms. The zero-order valence-electron chi connectivity index (χ0n) is 17.4. The van der Waals surface area contributed by atoms with Crippen molar-refractivity contribution >= 4 is 34.2 Å². The van der Waals surface area contributed by atoms with Gasteiger partial charge in [0.1, 0.15) is 0 Å². The molecule has 0 saturated carbocycles. The summed E-state index contributed by atoms with van der Waals surface area (Å²) in [6.07, 6.45) is -0.930. The van der Waals surface area contributed by atoms with E-state index in [9.17, 15) is 9.59 Å². The quantitative estimate of drug-likeness (QED) is 0.439. The Labute approximate surface area is 188 Å². The van der Waals surface area contributed by atoms with Gasteiger partial charge < -0.3 is 4.74 Å². The van der Waals surface area contributed by atoms with Gasteiger partial charge in [0.15, 0.2) is 5.78 Å². The van der Waals surface area contributed by atoms with Crippen molar-refractivity contribution in [2.45, 2.75) is 31.1 Å². The normalized spacial score (nSPS) is 19.4. The van der Waals surface area contributed by atoms with Crippen LogP contribution < -0.4 is 0 Å². The van der Waals surface area contributed by atoms with E-state index < -0.39 is 23.7 Å². The van der Waals surface area contributed by atoms with Crippen LogP contribution in [0.4, 0.5) is 8.78 Å². The number of benzene rings is 2. The van der Waals surface area contributed by atoms with Crippen LogP contribution in [0, 0.1) is 0 Å². The summed E-state index contributed by atoms with van der Waals surface area (Å²) in [5.74, 6) is -5.47. The van der Waals surface area contributed by atoms with Crippen molar-refractivity contribution in [3.8, 4) is 0 Å². The topological polar surface area (TPSA) is 43.4 Å². The number of alkyl halides is 2. The van der Waals surface area contributed by atoms with Gasteiger partial charge in [-0.15, -0.1) is 11.3 Å². The summed E-state index contributed by atoms with van der Waals surface area (Å²) in [6.45, 7) is 1.36. The van der Waals surface area contributed by atoms with Gasteiger partial charge in [-0.05, 0) is 46.2 Å². The Kier molecular flexibility index (Phi) is 4.86. The first kappa shape index (κ1) is 20.8. The van der Waals surface area contributed by atoms with Gasteiger partial charge >= 0.3 is 11.9 Å². The molecule has 0 radical (unpaired) electrons. The lowest BCUT2D eigenvalue weighted by molar-refractivity contribution is -0.173. The molecular weight excluding hydrogens is 430 g/mol. The molecule has 0 fully saturated rings. The average Bonchev–Trinajstić information content (AvgIpc) is 3.36. The highest BCUT2D eigenvalue weighted by Crippen LogP contribution is 2.61. The second kappa shape index (κ2) is 7.48. The molecule has 2 aliphatic carbocycles. The Morgan fingerprint density at radius 3 is 2.53 bits per heavy atom. The predicted octanol–water partition coefficient (Wildman–Crippen LogP) is 6.13. The molecule has 0 amide bonds. The van der Waals surface area contributed by atoms with Crippen LogP contribution in [0.25, 0.3) is 11.1 Å². The molecule has 1 atom stereocenters. The first-order valence-electron chi connectivity index (χ1n) is 10.5. The van der Waals surface area contributed by atoms with E-state index in [1.807, 2.05) is 53.9 Å². The highest BCUT2D eigenvalue weighted by Gasteiger charge is 2.57. The van der Waals surface area contributed by atoms with Gasteiger partial charge in [0.05, 0.1) is 11.5 Å². The minimum absolute atomic E-state index is 0.113. The zero-order valence-corrected chi connectivity index (χ0v) is 18.2. The van der Waals surface area contributed by atoms with Crippen molar-refractivity contribution < 1.29 is 23.1 Å². The first-order chi connectivity index (χ1) is 15.4. The zero-order chi connectivity index (χ0) is 22.5. The lowest BCUT2D eigenvalue weighted by Gasteiger charge is -2.38. The first-order valence-corrected chi connectivity index (χ1v) is 11.3. The van der Waals surface area contributed by atoms with Gasteiger partial charge in [0, 0.05) is 23.8 Å². The molecule has 1 aromatic heterocycles. The van der Waals surface area contributed by atoms with Crippen LogP contribution in [0.1, 0.15) is 51.7 Å². The van der Waals surface area contributed by atoms with Crippen molar-refractivity contribution in [3.63, 3.8) is 0 Å². The summed E-state index contributed by atoms with van der Waals surface area (Å²) in [6, 6.07) is 18.8. The molecule has 6 heteroatoms. The van der Waals surface area contributed by atoms with E-state index >= 15 is 8.78 Å². The molecule has 3 aromatic rings. The summed E-state index contributed by atoms with van der Waals surface area (Å²) in [5, 5.41) is 1.82. The number of allylic oxidation sites excluding steroid dienone is 1. The lowest BCUT2D eigenvalue weighted by atomic mass is 9.64. The molecule has 0 saturated heterocycles. The van der Waals surface area contributed by atoms with Gasteiger partial charge in [-0.2, -0.15) is 8.78 Å². The molecule has 162 valence electrons. The summed E-state index contributed by atoms with van der Waals surface area (Å²) < 4.78 is 35.2. The summed E-state index contributed by atoms with van der Waals surface area (Å²) in [5.41, 5.74) is 3.27. The summed E-state index contributed by atoms with van der Waals surface area (Å²) in [7, 11) is 0. The number of carbonyl (C=O) groups is 2. The Morgan fingerprint density at radius 1 is 1.06 bits per heavy atom. The molecular formula is C26H20F2O3S. The van der Waals surface area contributed by atoms with Gasteiger partial charge in [-0.1, -0.05) is 54.6 Å². The second-order valence-electron chi connectivity index (χ2n) is 8.11. The van der Waals surface area contributed by atoms with E-state index in [0.29, 0.717) is 21.6 Å². The number of fused-ring (bicyclic) bond motifs is 5. The minimum atomic E-state index is -3.74. The van der Waals surface area contributed by atoms with Gasteiger partial charge in [-0.3, -0.25) is 4.79 Å². The number of Topliss-reactive ketones (excluding diaryl/α,β-unsaturated/α-hetero) is 1. The highest BCUT2D eigenvalue weighted by molar-refractivity contribution is 7.12. The van der Waals surface area contributed by atoms with Crippen molar-refractivity contribution in [2.24, 2.45) is 0 Å². The number of hydrogen-bond acceptors (Lipinski definition) is 4. The van der Waals surface area contributed by atoms with Crippen molar-refractivity contribution in [1.82, 2.24) is 0 Å². The molecule has 2 aromatic carbocycles. The number of rotatable bonds is 5. The fourth-order valence-electron chi connectivity index (χ4n) is 5.12. The maximum absolute atomic E-state index is 15.3. The largest absolute Gasteiger partial charge is 0.462 e. The van der Waals surface area contributed by atoms with Crippen LogP contribution in [0.15, 0.2) is 66.0 Å². The van der Waals surface area contributed by atoms with Crippen LogP contribution >= 0.6 is 11.3 Å². The molecule has 3 nitrogen and oxygen atoms in total. The molecule has 0 aliphatic heterocycles. The molecule has 0 N–H and O–H groups in total. The maximum Gasteiger partial charge on any atom is 0.377 e. The van der Waals surface area contributed by atoms with E-state index in [1.165, 1.54) is 18.3 Å². The average molecular weight is 451 g/mol. The number of hydrogen-bond donors (Lipinski definition) is 0. The SMILES string of the molecule is CCOC(=O)C(F)(F)CC12CC(=O)c3sccc3C1=C(c1ccccc1)c1ccccc12. The predicted molar refractivity (Wildman–Crippen MR) is 120 cm³/mol. The fraction of sp³-hybridized carbons (Fsp3) is 0.231. The molecule has 2 aliphatic rings. The smallest absolute Gasteiger partial charge is 0.377 e. The van der Waals surface area contributed by atoms with Gasteiger partial charge in [-0.25, -0.2) is 4.79 Å². The van der Waals surface area contributed by atoms with Gasteiger partial charge in [0.25, 0.3) is 0 Å². The minimum Gasteiger partial charge on any atom is -0.462 e. The van der Waals surface area contributed by atoms with Crippen LogP contribution in [0.2, 0.25) is 0 Å². The molecule has 1 heterocycles. The number of esters is 1. The number of carbonyl (C=O) groups excluding carboxylic acids is 2. The van der Waals surface area contributed by atoms with Crippen LogP contribution in [-0.2, 0) is 14.9 Å². The molecule has 32 heavy (non-hydrogen) atoms. The molecule has 1 unspecified atom stereocenters. The number of ether oxygens (including phenoxy) is 1. The van der Waals surface area contributed by atoms with Crippen molar-refractivity contribution in [1.29, 1.82) is 0 Å². The van der Waals surface area contributed by atoms with Crippen LogP contribution in [-0.4, -0.2) is 24.3 Å². The van der Waals surface area contributed by atoms with Crippen LogP contribution in [0.5, 0.6) is 0 Å². The third kappa shape index (κ3) is 2.97.